The highest BCUT2D eigenvalue weighted by Gasteiger charge is 2.14. The van der Waals surface area contributed by atoms with Gasteiger partial charge in [0.1, 0.15) is 0 Å². The fourth-order valence-electron chi connectivity index (χ4n) is 2.49. The number of nitrogens with two attached hydrogens (primary N) is 2. The first-order chi connectivity index (χ1) is 10.4. The average molecular weight is 301 g/mol. The maximum absolute atomic E-state index is 5.59. The SMILES string of the molecule is NCCNCCNCCNCCN1CCN(CCN)CC1. The van der Waals surface area contributed by atoms with Gasteiger partial charge in [0.05, 0.1) is 0 Å². The summed E-state index contributed by atoms with van der Waals surface area (Å²) in [5.74, 6) is 0. The zero-order valence-electron chi connectivity index (χ0n) is 13.4. The van der Waals surface area contributed by atoms with Gasteiger partial charge in [-0.1, -0.05) is 0 Å². The average Bonchev–Trinajstić information content (AvgIpc) is 2.51. The molecule has 0 aliphatic carbocycles. The molecule has 126 valence electrons. The van der Waals surface area contributed by atoms with Crippen molar-refractivity contribution < 1.29 is 0 Å². The van der Waals surface area contributed by atoms with Crippen molar-refractivity contribution >= 4 is 0 Å². The van der Waals surface area contributed by atoms with Gasteiger partial charge in [0.15, 0.2) is 0 Å². The summed E-state index contributed by atoms with van der Waals surface area (Å²) in [6, 6.07) is 0. The predicted molar refractivity (Wildman–Crippen MR) is 89.6 cm³/mol. The van der Waals surface area contributed by atoms with Gasteiger partial charge in [-0.25, -0.2) is 0 Å². The molecule has 0 saturated carbocycles. The lowest BCUT2D eigenvalue weighted by atomic mass is 10.3. The Morgan fingerprint density at radius 1 is 0.571 bits per heavy atom. The van der Waals surface area contributed by atoms with E-state index < -0.39 is 0 Å². The third kappa shape index (κ3) is 10.1. The molecule has 0 unspecified atom stereocenters. The lowest BCUT2D eigenvalue weighted by molar-refractivity contribution is 0.136. The normalized spacial score (nSPS) is 17.4. The first kappa shape index (κ1) is 18.8. The Hall–Kier alpha value is -0.280. The minimum atomic E-state index is 0.710. The van der Waals surface area contributed by atoms with Gasteiger partial charge in [-0.05, 0) is 0 Å². The van der Waals surface area contributed by atoms with Gasteiger partial charge >= 0.3 is 0 Å². The van der Waals surface area contributed by atoms with E-state index in [1.54, 1.807) is 0 Å². The Morgan fingerprint density at radius 2 is 1.05 bits per heavy atom. The highest BCUT2D eigenvalue weighted by Crippen LogP contribution is 1.99. The van der Waals surface area contributed by atoms with Crippen LogP contribution in [0.4, 0.5) is 0 Å². The summed E-state index contributed by atoms with van der Waals surface area (Å²) < 4.78 is 0. The Morgan fingerprint density at radius 3 is 1.57 bits per heavy atom. The van der Waals surface area contributed by atoms with Gasteiger partial charge in [0.2, 0.25) is 0 Å². The van der Waals surface area contributed by atoms with E-state index in [0.29, 0.717) is 6.54 Å². The van der Waals surface area contributed by atoms with Crippen LogP contribution in [-0.4, -0.2) is 101 Å². The van der Waals surface area contributed by atoms with Crippen LogP contribution in [0.1, 0.15) is 0 Å². The molecular weight excluding hydrogens is 266 g/mol. The van der Waals surface area contributed by atoms with E-state index in [-0.39, 0.29) is 0 Å². The monoisotopic (exact) mass is 301 g/mol. The molecular formula is C14H35N7. The lowest BCUT2D eigenvalue weighted by Crippen LogP contribution is -2.49. The van der Waals surface area contributed by atoms with E-state index in [4.69, 9.17) is 11.5 Å². The van der Waals surface area contributed by atoms with Crippen LogP contribution in [0, 0.1) is 0 Å². The quantitative estimate of drug-likeness (QED) is 0.236. The van der Waals surface area contributed by atoms with Crippen molar-refractivity contribution in [2.24, 2.45) is 11.5 Å². The Balaban J connectivity index is 1.80. The van der Waals surface area contributed by atoms with Crippen molar-refractivity contribution in [2.75, 3.05) is 91.6 Å². The molecule has 0 atom stereocenters. The van der Waals surface area contributed by atoms with Crippen LogP contribution >= 0.6 is 0 Å². The molecule has 0 spiro atoms. The second-order valence-electron chi connectivity index (χ2n) is 5.51. The summed E-state index contributed by atoms with van der Waals surface area (Å²) in [4.78, 5) is 4.98. The maximum Gasteiger partial charge on any atom is 0.0110 e. The van der Waals surface area contributed by atoms with Crippen molar-refractivity contribution in [3.05, 3.63) is 0 Å². The second-order valence-corrected chi connectivity index (χ2v) is 5.51. The van der Waals surface area contributed by atoms with Crippen LogP contribution in [0.5, 0.6) is 0 Å². The molecule has 0 aromatic carbocycles. The first-order valence-electron chi connectivity index (χ1n) is 8.34. The summed E-state index contributed by atoms with van der Waals surface area (Å²) in [7, 11) is 0. The zero-order chi connectivity index (χ0) is 15.2. The van der Waals surface area contributed by atoms with Gasteiger partial charge in [-0.3, -0.25) is 9.80 Å². The van der Waals surface area contributed by atoms with Crippen LogP contribution in [0.3, 0.4) is 0 Å². The van der Waals surface area contributed by atoms with Crippen molar-refractivity contribution in [3.63, 3.8) is 0 Å². The zero-order valence-corrected chi connectivity index (χ0v) is 13.4. The van der Waals surface area contributed by atoms with E-state index in [0.717, 1.165) is 72.0 Å². The van der Waals surface area contributed by atoms with Gasteiger partial charge in [0.25, 0.3) is 0 Å². The standard InChI is InChI=1S/C14H35N7/c15-1-3-17-4-5-18-6-7-19-8-10-21-13-11-20(9-2-16)12-14-21/h17-19H,1-16H2. The Kier molecular flexibility index (Phi) is 12.0. The highest BCUT2D eigenvalue weighted by atomic mass is 15.3. The van der Waals surface area contributed by atoms with Crippen molar-refractivity contribution in [2.45, 2.75) is 0 Å². The number of rotatable bonds is 13. The predicted octanol–water partition coefficient (Wildman–Crippen LogP) is -2.71. The summed E-state index contributed by atoms with van der Waals surface area (Å²) in [6.07, 6.45) is 0. The molecule has 1 fully saturated rings. The van der Waals surface area contributed by atoms with E-state index in [2.05, 4.69) is 25.8 Å². The minimum absolute atomic E-state index is 0.710. The van der Waals surface area contributed by atoms with Crippen LogP contribution in [0.2, 0.25) is 0 Å². The van der Waals surface area contributed by atoms with E-state index in [1.165, 1.54) is 13.1 Å². The second kappa shape index (κ2) is 13.4. The summed E-state index contributed by atoms with van der Waals surface area (Å²) in [5, 5.41) is 10.2. The first-order valence-corrected chi connectivity index (χ1v) is 8.34. The molecule has 0 aromatic rings. The fraction of sp³-hybridized carbons (Fsp3) is 1.00. The highest BCUT2D eigenvalue weighted by molar-refractivity contribution is 4.72. The summed E-state index contributed by atoms with van der Waals surface area (Å²) in [5.41, 5.74) is 11.0. The number of nitrogens with one attached hydrogen (secondary N) is 3. The molecule has 7 N–H and O–H groups in total. The molecule has 1 saturated heterocycles. The van der Waals surface area contributed by atoms with E-state index in [1.807, 2.05) is 0 Å². The number of nitrogens with zero attached hydrogens (tertiary/aromatic N) is 2. The minimum Gasteiger partial charge on any atom is -0.329 e. The number of hydrogen-bond acceptors (Lipinski definition) is 7. The van der Waals surface area contributed by atoms with E-state index >= 15 is 0 Å². The van der Waals surface area contributed by atoms with E-state index in [9.17, 15) is 0 Å². The van der Waals surface area contributed by atoms with Gasteiger partial charge < -0.3 is 27.4 Å². The molecule has 0 amide bonds. The van der Waals surface area contributed by atoms with Crippen molar-refractivity contribution in [1.82, 2.24) is 25.8 Å². The fourth-order valence-corrected chi connectivity index (χ4v) is 2.49. The number of piperazine rings is 1. The molecule has 0 aromatic heterocycles. The van der Waals surface area contributed by atoms with Crippen molar-refractivity contribution in [3.8, 4) is 0 Å². The van der Waals surface area contributed by atoms with Crippen LogP contribution in [-0.2, 0) is 0 Å². The molecule has 0 bridgehead atoms. The molecule has 7 heteroatoms. The maximum atomic E-state index is 5.59. The van der Waals surface area contributed by atoms with Gasteiger partial charge in [0, 0.05) is 91.6 Å². The molecule has 1 rings (SSSR count). The Bertz CT molecular complexity index is 219. The third-order valence-corrected chi connectivity index (χ3v) is 3.79. The summed E-state index contributed by atoms with van der Waals surface area (Å²) in [6.45, 7) is 14.4. The van der Waals surface area contributed by atoms with Gasteiger partial charge in [-0.15, -0.1) is 0 Å². The van der Waals surface area contributed by atoms with Crippen molar-refractivity contribution in [1.29, 1.82) is 0 Å². The van der Waals surface area contributed by atoms with Gasteiger partial charge in [-0.2, -0.15) is 0 Å². The molecule has 1 aliphatic rings. The van der Waals surface area contributed by atoms with Crippen LogP contribution in [0.25, 0.3) is 0 Å². The molecule has 7 nitrogen and oxygen atoms in total. The molecule has 1 aliphatic heterocycles. The molecule has 1 heterocycles. The largest absolute Gasteiger partial charge is 0.329 e. The number of hydrogen-bond donors (Lipinski definition) is 5. The van der Waals surface area contributed by atoms with Crippen LogP contribution < -0.4 is 27.4 Å². The molecule has 21 heavy (non-hydrogen) atoms. The topological polar surface area (TPSA) is 94.6 Å². The molecule has 0 radical (unpaired) electrons. The Labute approximate surface area is 129 Å². The summed E-state index contributed by atoms with van der Waals surface area (Å²) >= 11 is 0. The van der Waals surface area contributed by atoms with Crippen LogP contribution in [0.15, 0.2) is 0 Å². The lowest BCUT2D eigenvalue weighted by Gasteiger charge is -2.34. The smallest absolute Gasteiger partial charge is 0.0110 e. The third-order valence-electron chi connectivity index (χ3n) is 3.79.